The molecular weight excluding hydrogens is 376 g/mol. The molecule has 1 fully saturated rings. The second-order valence-electron chi connectivity index (χ2n) is 6.71. The predicted octanol–water partition coefficient (Wildman–Crippen LogP) is 3.55. The number of ether oxygens (including phenoxy) is 1. The average molecular weight is 396 g/mol. The molecule has 1 aromatic heterocycles. The summed E-state index contributed by atoms with van der Waals surface area (Å²) in [5.41, 5.74) is 0.676. The SMILES string of the molecule is COc1ccc([C@@]2(c3ccc(O)cc3O)C[C@H](c3ccco3)NC(=S)N2)cc1. The fourth-order valence-electron chi connectivity index (χ4n) is 3.74. The third-order valence-electron chi connectivity index (χ3n) is 5.05. The molecule has 1 aliphatic heterocycles. The third-order valence-corrected chi connectivity index (χ3v) is 5.27. The van der Waals surface area contributed by atoms with Gasteiger partial charge in [-0.1, -0.05) is 12.1 Å². The maximum absolute atomic E-state index is 10.7. The summed E-state index contributed by atoms with van der Waals surface area (Å²) in [5, 5.41) is 27.5. The zero-order chi connectivity index (χ0) is 19.7. The Morgan fingerprint density at radius 3 is 2.57 bits per heavy atom. The third kappa shape index (κ3) is 3.14. The number of methoxy groups -OCH3 is 1. The molecule has 0 amide bonds. The number of phenolic OH excluding ortho intramolecular Hbond substituents is 2. The van der Waals surface area contributed by atoms with Crippen molar-refractivity contribution in [1.29, 1.82) is 0 Å². The second-order valence-corrected chi connectivity index (χ2v) is 7.11. The zero-order valence-corrected chi connectivity index (χ0v) is 16.0. The maximum atomic E-state index is 10.7. The Morgan fingerprint density at radius 1 is 1.14 bits per heavy atom. The van der Waals surface area contributed by atoms with E-state index in [1.54, 1.807) is 25.5 Å². The van der Waals surface area contributed by atoms with Gasteiger partial charge in [0.25, 0.3) is 0 Å². The lowest BCUT2D eigenvalue weighted by Crippen LogP contribution is -2.57. The van der Waals surface area contributed by atoms with Crippen molar-refractivity contribution < 1.29 is 19.4 Å². The standard InChI is InChI=1S/C21H20N2O4S/c1-26-15-7-4-13(5-8-15)21(16-9-6-14(24)11-18(16)25)12-17(22-20(28)23-21)19-3-2-10-27-19/h2-11,17,24-25H,12H2,1H3,(H2,22,23,28)/t17-,21-/m1/s1. The molecule has 2 atom stereocenters. The van der Waals surface area contributed by atoms with E-state index in [4.69, 9.17) is 21.4 Å². The van der Waals surface area contributed by atoms with Crippen LogP contribution in [0.15, 0.2) is 65.3 Å². The van der Waals surface area contributed by atoms with Gasteiger partial charge in [0.15, 0.2) is 5.11 Å². The zero-order valence-electron chi connectivity index (χ0n) is 15.2. The van der Waals surface area contributed by atoms with E-state index in [1.807, 2.05) is 36.4 Å². The first-order chi connectivity index (χ1) is 13.5. The van der Waals surface area contributed by atoms with E-state index in [2.05, 4.69) is 10.6 Å². The molecule has 28 heavy (non-hydrogen) atoms. The Bertz CT molecular complexity index is 988. The highest BCUT2D eigenvalue weighted by atomic mass is 32.1. The molecule has 0 bridgehead atoms. The first kappa shape index (κ1) is 18.2. The lowest BCUT2D eigenvalue weighted by Gasteiger charge is -2.44. The van der Waals surface area contributed by atoms with Crippen molar-refractivity contribution in [2.75, 3.05) is 7.11 Å². The summed E-state index contributed by atoms with van der Waals surface area (Å²) in [6, 6.07) is 15.7. The van der Waals surface area contributed by atoms with Crippen LogP contribution in [0, 0.1) is 0 Å². The van der Waals surface area contributed by atoms with Gasteiger partial charge in [-0.3, -0.25) is 0 Å². The first-order valence-electron chi connectivity index (χ1n) is 8.81. The lowest BCUT2D eigenvalue weighted by molar-refractivity contribution is 0.302. The largest absolute Gasteiger partial charge is 0.508 e. The molecule has 0 saturated carbocycles. The Labute approximate surface area is 167 Å². The molecule has 0 unspecified atom stereocenters. The smallest absolute Gasteiger partial charge is 0.167 e. The van der Waals surface area contributed by atoms with Gasteiger partial charge >= 0.3 is 0 Å². The molecule has 0 spiro atoms. The van der Waals surface area contributed by atoms with Gasteiger partial charge in [0.1, 0.15) is 23.0 Å². The lowest BCUT2D eigenvalue weighted by atomic mass is 9.76. The van der Waals surface area contributed by atoms with Crippen molar-refractivity contribution in [3.8, 4) is 17.2 Å². The Balaban J connectivity index is 1.88. The Kier molecular flexibility index (Phi) is 4.60. The molecule has 6 nitrogen and oxygen atoms in total. The number of furan rings is 1. The fraction of sp³-hybridized carbons (Fsp3) is 0.190. The van der Waals surface area contributed by atoms with Crippen molar-refractivity contribution in [3.63, 3.8) is 0 Å². The second kappa shape index (κ2) is 7.09. The molecule has 0 radical (unpaired) electrons. The topological polar surface area (TPSA) is 86.9 Å². The maximum Gasteiger partial charge on any atom is 0.167 e. The molecule has 1 saturated heterocycles. The number of hydrogen-bond donors (Lipinski definition) is 4. The molecule has 144 valence electrons. The number of rotatable bonds is 4. The molecule has 0 aliphatic carbocycles. The molecule has 3 aromatic rings. The van der Waals surface area contributed by atoms with E-state index in [9.17, 15) is 10.2 Å². The average Bonchev–Trinajstić information content (AvgIpc) is 3.22. The summed E-state index contributed by atoms with van der Waals surface area (Å²) in [7, 11) is 1.61. The Hall–Kier alpha value is -3.19. The number of phenols is 2. The van der Waals surface area contributed by atoms with Crippen LogP contribution >= 0.6 is 12.2 Å². The molecule has 2 heterocycles. The van der Waals surface area contributed by atoms with Crippen LogP contribution in [-0.2, 0) is 5.54 Å². The van der Waals surface area contributed by atoms with Crippen molar-refractivity contribution >= 4 is 17.3 Å². The first-order valence-corrected chi connectivity index (χ1v) is 9.22. The van der Waals surface area contributed by atoms with Crippen LogP contribution < -0.4 is 15.4 Å². The van der Waals surface area contributed by atoms with E-state index in [0.717, 1.165) is 17.1 Å². The number of aromatic hydroxyl groups is 2. The van der Waals surface area contributed by atoms with Crippen LogP contribution in [0.3, 0.4) is 0 Å². The van der Waals surface area contributed by atoms with Gasteiger partial charge in [-0.2, -0.15) is 0 Å². The van der Waals surface area contributed by atoms with Crippen LogP contribution in [0.4, 0.5) is 0 Å². The van der Waals surface area contributed by atoms with E-state index < -0.39 is 5.54 Å². The number of thiocarbonyl (C=S) groups is 1. The summed E-state index contributed by atoms with van der Waals surface area (Å²) in [5.74, 6) is 1.45. The van der Waals surface area contributed by atoms with Crippen molar-refractivity contribution in [1.82, 2.24) is 10.6 Å². The predicted molar refractivity (Wildman–Crippen MR) is 108 cm³/mol. The molecular formula is C21H20N2O4S. The van der Waals surface area contributed by atoms with E-state index in [-0.39, 0.29) is 17.5 Å². The van der Waals surface area contributed by atoms with Crippen LogP contribution in [0.1, 0.15) is 29.3 Å². The highest BCUT2D eigenvalue weighted by Crippen LogP contribution is 2.44. The van der Waals surface area contributed by atoms with Crippen molar-refractivity contribution in [2.24, 2.45) is 0 Å². The van der Waals surface area contributed by atoms with Gasteiger partial charge in [-0.15, -0.1) is 0 Å². The molecule has 1 aliphatic rings. The van der Waals surface area contributed by atoms with Crippen molar-refractivity contribution in [3.05, 3.63) is 77.7 Å². The van der Waals surface area contributed by atoms with E-state index in [0.29, 0.717) is 17.1 Å². The van der Waals surface area contributed by atoms with E-state index >= 15 is 0 Å². The molecule has 7 heteroatoms. The normalized spacial score (nSPS) is 21.6. The van der Waals surface area contributed by atoms with Gasteiger partial charge in [-0.25, -0.2) is 0 Å². The summed E-state index contributed by atoms with van der Waals surface area (Å²) >= 11 is 5.50. The summed E-state index contributed by atoms with van der Waals surface area (Å²) in [6.45, 7) is 0. The van der Waals surface area contributed by atoms with Crippen LogP contribution in [-0.4, -0.2) is 22.4 Å². The number of nitrogens with one attached hydrogen (secondary N) is 2. The minimum Gasteiger partial charge on any atom is -0.508 e. The highest BCUT2D eigenvalue weighted by molar-refractivity contribution is 7.80. The van der Waals surface area contributed by atoms with Crippen LogP contribution in [0.2, 0.25) is 0 Å². The minimum atomic E-state index is -0.830. The molecule has 4 rings (SSSR count). The summed E-state index contributed by atoms with van der Waals surface area (Å²) < 4.78 is 10.9. The van der Waals surface area contributed by atoms with Gasteiger partial charge in [0.05, 0.1) is 25.0 Å². The van der Waals surface area contributed by atoms with E-state index in [1.165, 1.54) is 6.07 Å². The summed E-state index contributed by atoms with van der Waals surface area (Å²) in [6.07, 6.45) is 2.14. The number of hydrogen-bond acceptors (Lipinski definition) is 5. The minimum absolute atomic E-state index is 0.00905. The summed E-state index contributed by atoms with van der Waals surface area (Å²) in [4.78, 5) is 0. The Morgan fingerprint density at radius 2 is 1.93 bits per heavy atom. The fourth-order valence-corrected chi connectivity index (χ4v) is 4.05. The van der Waals surface area contributed by atoms with Crippen molar-refractivity contribution in [2.45, 2.75) is 18.0 Å². The van der Waals surface area contributed by atoms with Gasteiger partial charge < -0.3 is 30.0 Å². The van der Waals surface area contributed by atoms with Crippen LogP contribution in [0.5, 0.6) is 17.2 Å². The van der Waals surface area contributed by atoms with Gasteiger partial charge in [0, 0.05) is 18.1 Å². The van der Waals surface area contributed by atoms with Gasteiger partial charge in [-0.05, 0) is 54.2 Å². The molecule has 2 aromatic carbocycles. The highest BCUT2D eigenvalue weighted by Gasteiger charge is 2.44. The van der Waals surface area contributed by atoms with Crippen LogP contribution in [0.25, 0.3) is 0 Å². The number of benzene rings is 2. The van der Waals surface area contributed by atoms with Gasteiger partial charge in [0.2, 0.25) is 0 Å². The monoisotopic (exact) mass is 396 g/mol. The molecule has 4 N–H and O–H groups in total. The quantitative estimate of drug-likeness (QED) is 0.502.